The Kier molecular flexibility index (Phi) is 64.3. The third kappa shape index (κ3) is 68.6. The van der Waals surface area contributed by atoms with Crippen LogP contribution in [0, 0.1) is 17.8 Å². The van der Waals surface area contributed by atoms with Crippen LogP contribution in [0.4, 0.5) is 0 Å². The fourth-order valence-electron chi connectivity index (χ4n) is 11.4. The first-order valence-electron chi connectivity index (χ1n) is 38.8. The number of rotatable bonds is 73. The summed E-state index contributed by atoms with van der Waals surface area (Å²) in [6.07, 6.45) is 51.4. The van der Waals surface area contributed by atoms with Gasteiger partial charge in [0.1, 0.15) is 19.3 Å². The van der Waals surface area contributed by atoms with Crippen LogP contribution >= 0.6 is 15.6 Å². The zero-order valence-corrected chi connectivity index (χ0v) is 63.2. The summed E-state index contributed by atoms with van der Waals surface area (Å²) in [6, 6.07) is 0. The summed E-state index contributed by atoms with van der Waals surface area (Å²) >= 11 is 0. The standard InChI is InChI=1S/C75H146O17P2/c1-8-9-10-11-12-13-14-15-16-19-24-29-34-42-49-56-72(77)85-62-70(91-74(79)58-51-44-35-30-25-20-17-18-22-27-32-39-46-53-66(2)3)64-89-93(81,82)87-60-69(76)61-88-94(83,84)90-65-71(63-86-73(78)57-50-43-38-37-41-48-55-68(6)7)92-75(80)59-52-45-36-31-26-21-23-28-33-40-47-54-67(4)5/h66-71,76H,8-65H2,1-7H3,(H,81,82)(H,83,84)/t69-,70-,71-/m1/s1. The van der Waals surface area contributed by atoms with Crippen molar-refractivity contribution in [3.05, 3.63) is 0 Å². The first kappa shape index (κ1) is 92.1. The van der Waals surface area contributed by atoms with Crippen LogP contribution in [0.25, 0.3) is 0 Å². The Morgan fingerprint density at radius 3 is 0.723 bits per heavy atom. The van der Waals surface area contributed by atoms with Crippen LogP contribution in [0.3, 0.4) is 0 Å². The van der Waals surface area contributed by atoms with Crippen LogP contribution < -0.4 is 0 Å². The molecule has 0 saturated carbocycles. The normalized spacial score (nSPS) is 14.1. The van der Waals surface area contributed by atoms with Gasteiger partial charge in [0.25, 0.3) is 0 Å². The molecule has 2 unspecified atom stereocenters. The Hall–Kier alpha value is -1.94. The van der Waals surface area contributed by atoms with Gasteiger partial charge in [0.15, 0.2) is 12.2 Å². The van der Waals surface area contributed by atoms with E-state index in [2.05, 4.69) is 48.5 Å². The second kappa shape index (κ2) is 65.7. The van der Waals surface area contributed by atoms with E-state index in [0.29, 0.717) is 31.6 Å². The van der Waals surface area contributed by atoms with Crippen molar-refractivity contribution in [2.45, 2.75) is 401 Å². The van der Waals surface area contributed by atoms with Gasteiger partial charge in [-0.25, -0.2) is 9.13 Å². The lowest BCUT2D eigenvalue weighted by molar-refractivity contribution is -0.161. The van der Waals surface area contributed by atoms with E-state index in [1.54, 1.807) is 0 Å². The quantitative estimate of drug-likeness (QED) is 0.0222. The highest BCUT2D eigenvalue weighted by molar-refractivity contribution is 7.47. The maximum atomic E-state index is 13.1. The summed E-state index contributed by atoms with van der Waals surface area (Å²) in [5.41, 5.74) is 0. The number of ether oxygens (including phenoxy) is 4. The van der Waals surface area contributed by atoms with Crippen molar-refractivity contribution in [3.8, 4) is 0 Å². The predicted molar refractivity (Wildman–Crippen MR) is 381 cm³/mol. The monoisotopic (exact) mass is 1380 g/mol. The fraction of sp³-hybridized carbons (Fsp3) is 0.947. The van der Waals surface area contributed by atoms with Gasteiger partial charge in [0.05, 0.1) is 26.4 Å². The smallest absolute Gasteiger partial charge is 0.462 e. The van der Waals surface area contributed by atoms with E-state index >= 15 is 0 Å². The molecule has 0 saturated heterocycles. The molecule has 0 fully saturated rings. The molecule has 5 atom stereocenters. The largest absolute Gasteiger partial charge is 0.472 e. The average molecular weight is 1380 g/mol. The molecule has 0 rings (SSSR count). The lowest BCUT2D eigenvalue weighted by Crippen LogP contribution is -2.30. The van der Waals surface area contributed by atoms with Crippen LogP contribution in [0.15, 0.2) is 0 Å². The van der Waals surface area contributed by atoms with Gasteiger partial charge >= 0.3 is 39.5 Å². The molecular weight excluding hydrogens is 1230 g/mol. The summed E-state index contributed by atoms with van der Waals surface area (Å²) < 4.78 is 68.5. The van der Waals surface area contributed by atoms with E-state index in [9.17, 15) is 43.2 Å². The van der Waals surface area contributed by atoms with Gasteiger partial charge in [-0.3, -0.25) is 37.3 Å². The lowest BCUT2D eigenvalue weighted by atomic mass is 10.0. The van der Waals surface area contributed by atoms with Crippen LogP contribution in [-0.4, -0.2) is 96.7 Å². The third-order valence-corrected chi connectivity index (χ3v) is 19.3. The summed E-state index contributed by atoms with van der Waals surface area (Å²) in [6.45, 7) is 11.8. The second-order valence-electron chi connectivity index (χ2n) is 28.5. The Morgan fingerprint density at radius 2 is 0.489 bits per heavy atom. The number of hydrogen-bond donors (Lipinski definition) is 3. The van der Waals surface area contributed by atoms with Crippen LogP contribution in [0.1, 0.15) is 382 Å². The van der Waals surface area contributed by atoms with Crippen molar-refractivity contribution in [2.75, 3.05) is 39.6 Å². The molecule has 0 aliphatic heterocycles. The predicted octanol–water partition coefficient (Wildman–Crippen LogP) is 21.8. The van der Waals surface area contributed by atoms with Gasteiger partial charge < -0.3 is 33.8 Å². The minimum absolute atomic E-state index is 0.105. The summed E-state index contributed by atoms with van der Waals surface area (Å²) in [5.74, 6) is 0.111. The highest BCUT2D eigenvalue weighted by atomic mass is 31.2. The number of unbranched alkanes of at least 4 members (excludes halogenated alkanes) is 41. The van der Waals surface area contributed by atoms with Crippen LogP contribution in [0.5, 0.6) is 0 Å². The fourth-order valence-corrected chi connectivity index (χ4v) is 13.0. The van der Waals surface area contributed by atoms with Crippen molar-refractivity contribution < 1.29 is 80.2 Å². The molecule has 17 nitrogen and oxygen atoms in total. The molecule has 19 heteroatoms. The van der Waals surface area contributed by atoms with Crippen LogP contribution in [0.2, 0.25) is 0 Å². The molecule has 0 amide bonds. The topological polar surface area (TPSA) is 237 Å². The SMILES string of the molecule is CCCCCCCCCCCCCCCCCC(=O)OC[C@H](COP(=O)(O)OC[C@@H](O)COP(=O)(O)OC[C@@H](COC(=O)CCCCCCCCC(C)C)OC(=O)CCCCCCCCCCCCCC(C)C)OC(=O)CCCCCCCCCCCCCCCC(C)C. The number of esters is 4. The van der Waals surface area contributed by atoms with Gasteiger partial charge in [0, 0.05) is 25.7 Å². The molecule has 3 N–H and O–H groups in total. The highest BCUT2D eigenvalue weighted by Crippen LogP contribution is 2.45. The third-order valence-electron chi connectivity index (χ3n) is 17.4. The second-order valence-corrected chi connectivity index (χ2v) is 31.4. The van der Waals surface area contributed by atoms with E-state index < -0.39 is 97.5 Å². The van der Waals surface area contributed by atoms with Gasteiger partial charge in [-0.2, -0.15) is 0 Å². The first-order valence-corrected chi connectivity index (χ1v) is 41.8. The van der Waals surface area contributed by atoms with Gasteiger partial charge in [-0.15, -0.1) is 0 Å². The maximum Gasteiger partial charge on any atom is 0.472 e. The molecule has 0 heterocycles. The molecule has 0 aromatic heterocycles. The number of hydrogen-bond acceptors (Lipinski definition) is 15. The van der Waals surface area contributed by atoms with Crippen molar-refractivity contribution in [2.24, 2.45) is 17.8 Å². The molecule has 0 radical (unpaired) electrons. The summed E-state index contributed by atoms with van der Waals surface area (Å²) in [5, 5.41) is 10.6. The number of phosphoric ester groups is 2. The average Bonchev–Trinajstić information content (AvgIpc) is 1.57. The minimum Gasteiger partial charge on any atom is -0.462 e. The van der Waals surface area contributed by atoms with Crippen molar-refractivity contribution >= 4 is 39.5 Å². The molecule has 0 aliphatic carbocycles. The lowest BCUT2D eigenvalue weighted by Gasteiger charge is -2.21. The van der Waals surface area contributed by atoms with Gasteiger partial charge in [0.2, 0.25) is 0 Å². The number of aliphatic hydroxyl groups excluding tert-OH is 1. The zero-order valence-electron chi connectivity index (χ0n) is 61.4. The van der Waals surface area contributed by atoms with E-state index in [0.717, 1.165) is 108 Å². The molecule has 0 bridgehead atoms. The van der Waals surface area contributed by atoms with E-state index in [-0.39, 0.29) is 25.7 Å². The Labute approximate surface area is 575 Å². The van der Waals surface area contributed by atoms with E-state index in [1.165, 1.54) is 186 Å². The van der Waals surface area contributed by atoms with Gasteiger partial charge in [-0.1, -0.05) is 331 Å². The Morgan fingerprint density at radius 1 is 0.287 bits per heavy atom. The number of phosphoric acid groups is 2. The number of carbonyl (C=O) groups excluding carboxylic acids is 4. The Bertz CT molecular complexity index is 1840. The molecular formula is C75H146O17P2. The van der Waals surface area contributed by atoms with Gasteiger partial charge in [-0.05, 0) is 43.4 Å². The molecule has 94 heavy (non-hydrogen) atoms. The van der Waals surface area contributed by atoms with Crippen molar-refractivity contribution in [1.82, 2.24) is 0 Å². The zero-order chi connectivity index (χ0) is 69.4. The maximum absolute atomic E-state index is 13.1. The summed E-state index contributed by atoms with van der Waals surface area (Å²) in [4.78, 5) is 72.7. The molecule has 0 aromatic carbocycles. The molecule has 558 valence electrons. The van der Waals surface area contributed by atoms with E-state index in [1.807, 2.05) is 0 Å². The molecule has 0 aromatic rings. The Balaban J connectivity index is 5.24. The summed E-state index contributed by atoms with van der Waals surface area (Å²) in [7, 11) is -9.91. The first-order chi connectivity index (χ1) is 45.2. The number of aliphatic hydroxyl groups is 1. The van der Waals surface area contributed by atoms with Crippen LogP contribution in [-0.2, 0) is 65.4 Å². The molecule has 0 spiro atoms. The van der Waals surface area contributed by atoms with Crippen molar-refractivity contribution in [1.29, 1.82) is 0 Å². The highest BCUT2D eigenvalue weighted by Gasteiger charge is 2.30. The molecule has 0 aliphatic rings. The van der Waals surface area contributed by atoms with Crippen molar-refractivity contribution in [3.63, 3.8) is 0 Å². The van der Waals surface area contributed by atoms with E-state index in [4.69, 9.17) is 37.0 Å². The minimum atomic E-state index is -4.96. The number of carbonyl (C=O) groups is 4.